The molecular formula is C8H9ClN2O. The molecule has 12 heavy (non-hydrogen) atoms. The van der Waals surface area contributed by atoms with Crippen molar-refractivity contribution < 1.29 is 4.74 Å². The molecular weight excluding hydrogens is 176 g/mol. The standard InChI is InChI=1S/C8H9ClN2O/c9-5-3-6(10)8-7(4-5)12-2-1-11-8/h3-4,11H,1-2,10H2. The number of benzene rings is 1. The van der Waals surface area contributed by atoms with E-state index in [4.69, 9.17) is 22.1 Å². The minimum Gasteiger partial charge on any atom is -0.489 e. The van der Waals surface area contributed by atoms with Gasteiger partial charge in [-0.3, -0.25) is 0 Å². The van der Waals surface area contributed by atoms with Crippen molar-refractivity contribution in [2.45, 2.75) is 0 Å². The van der Waals surface area contributed by atoms with Gasteiger partial charge in [-0.25, -0.2) is 0 Å². The first-order valence-electron chi connectivity index (χ1n) is 3.73. The molecule has 0 unspecified atom stereocenters. The fourth-order valence-electron chi connectivity index (χ4n) is 1.24. The summed E-state index contributed by atoms with van der Waals surface area (Å²) in [6.07, 6.45) is 0. The van der Waals surface area contributed by atoms with Crippen molar-refractivity contribution in [2.24, 2.45) is 0 Å². The summed E-state index contributed by atoms with van der Waals surface area (Å²) in [6.45, 7) is 1.45. The average Bonchev–Trinajstić information content (AvgIpc) is 2.04. The zero-order valence-corrected chi connectivity index (χ0v) is 7.19. The first-order valence-corrected chi connectivity index (χ1v) is 4.11. The van der Waals surface area contributed by atoms with Crippen LogP contribution >= 0.6 is 11.6 Å². The number of hydrogen-bond acceptors (Lipinski definition) is 3. The molecule has 0 saturated heterocycles. The van der Waals surface area contributed by atoms with Gasteiger partial charge in [0.25, 0.3) is 0 Å². The highest BCUT2D eigenvalue weighted by molar-refractivity contribution is 6.31. The molecule has 2 rings (SSSR count). The maximum atomic E-state index is 5.79. The molecule has 0 radical (unpaired) electrons. The molecule has 0 aliphatic carbocycles. The van der Waals surface area contributed by atoms with Gasteiger partial charge in [0.1, 0.15) is 18.0 Å². The van der Waals surface area contributed by atoms with E-state index in [0.29, 0.717) is 17.3 Å². The molecule has 3 N–H and O–H groups in total. The summed E-state index contributed by atoms with van der Waals surface area (Å²) >= 11 is 5.79. The van der Waals surface area contributed by atoms with Crippen molar-refractivity contribution in [3.8, 4) is 5.75 Å². The lowest BCUT2D eigenvalue weighted by atomic mass is 10.2. The second-order valence-electron chi connectivity index (χ2n) is 2.64. The predicted octanol–water partition coefficient (Wildman–Crippen LogP) is 1.73. The number of anilines is 2. The van der Waals surface area contributed by atoms with E-state index in [0.717, 1.165) is 18.0 Å². The number of nitrogens with one attached hydrogen (secondary N) is 1. The van der Waals surface area contributed by atoms with Gasteiger partial charge in [-0.2, -0.15) is 0 Å². The molecule has 0 spiro atoms. The lowest BCUT2D eigenvalue weighted by Gasteiger charge is -2.20. The Morgan fingerprint density at radius 3 is 3.17 bits per heavy atom. The Balaban J connectivity index is 2.53. The lowest BCUT2D eigenvalue weighted by molar-refractivity contribution is 0.323. The highest BCUT2D eigenvalue weighted by atomic mass is 35.5. The van der Waals surface area contributed by atoms with Gasteiger partial charge < -0.3 is 15.8 Å². The molecule has 0 amide bonds. The molecule has 1 aromatic rings. The number of ether oxygens (including phenoxy) is 1. The van der Waals surface area contributed by atoms with Gasteiger partial charge in [0.15, 0.2) is 0 Å². The molecule has 0 saturated carbocycles. The summed E-state index contributed by atoms with van der Waals surface area (Å²) in [5.41, 5.74) is 7.20. The van der Waals surface area contributed by atoms with Gasteiger partial charge in [-0.1, -0.05) is 11.6 Å². The Hall–Kier alpha value is -1.09. The Morgan fingerprint density at radius 2 is 2.33 bits per heavy atom. The number of nitrogens with two attached hydrogens (primary N) is 1. The van der Waals surface area contributed by atoms with Crippen LogP contribution < -0.4 is 15.8 Å². The fraction of sp³-hybridized carbons (Fsp3) is 0.250. The Morgan fingerprint density at radius 1 is 1.50 bits per heavy atom. The summed E-state index contributed by atoms with van der Waals surface area (Å²) in [7, 11) is 0. The summed E-state index contributed by atoms with van der Waals surface area (Å²) in [6, 6.07) is 3.47. The van der Waals surface area contributed by atoms with E-state index in [9.17, 15) is 0 Å². The monoisotopic (exact) mass is 184 g/mol. The van der Waals surface area contributed by atoms with Crippen LogP contribution in [0, 0.1) is 0 Å². The van der Waals surface area contributed by atoms with Crippen molar-refractivity contribution in [3.05, 3.63) is 17.2 Å². The number of hydrogen-bond donors (Lipinski definition) is 2. The van der Waals surface area contributed by atoms with E-state index in [2.05, 4.69) is 5.32 Å². The topological polar surface area (TPSA) is 47.3 Å². The average molecular weight is 185 g/mol. The van der Waals surface area contributed by atoms with E-state index in [-0.39, 0.29) is 0 Å². The third-order valence-corrected chi connectivity index (χ3v) is 1.98. The quantitative estimate of drug-likeness (QED) is 0.604. The van der Waals surface area contributed by atoms with E-state index < -0.39 is 0 Å². The minimum absolute atomic E-state index is 0.606. The number of halogens is 1. The van der Waals surface area contributed by atoms with E-state index in [1.807, 2.05) is 0 Å². The van der Waals surface area contributed by atoms with Crippen LogP contribution in [0.25, 0.3) is 0 Å². The zero-order chi connectivity index (χ0) is 8.55. The molecule has 64 valence electrons. The molecule has 4 heteroatoms. The normalized spacial score (nSPS) is 14.4. The molecule has 1 aliphatic rings. The van der Waals surface area contributed by atoms with Crippen LogP contribution in [-0.2, 0) is 0 Å². The second kappa shape index (κ2) is 2.75. The molecule has 0 bridgehead atoms. The number of rotatable bonds is 0. The Bertz CT molecular complexity index is 314. The minimum atomic E-state index is 0.606. The molecule has 1 heterocycles. The van der Waals surface area contributed by atoms with Gasteiger partial charge in [0.2, 0.25) is 0 Å². The van der Waals surface area contributed by atoms with E-state index in [1.54, 1.807) is 12.1 Å². The second-order valence-corrected chi connectivity index (χ2v) is 3.08. The first-order chi connectivity index (χ1) is 5.77. The van der Waals surface area contributed by atoms with E-state index in [1.165, 1.54) is 0 Å². The van der Waals surface area contributed by atoms with Crippen LogP contribution in [0.15, 0.2) is 12.1 Å². The first kappa shape index (κ1) is 7.55. The predicted molar refractivity (Wildman–Crippen MR) is 49.8 cm³/mol. The summed E-state index contributed by atoms with van der Waals surface area (Å²) in [5.74, 6) is 0.742. The Kier molecular flexibility index (Phi) is 1.73. The van der Waals surface area contributed by atoms with Crippen molar-refractivity contribution >= 4 is 23.0 Å². The molecule has 1 aliphatic heterocycles. The van der Waals surface area contributed by atoms with Gasteiger partial charge in [-0.15, -0.1) is 0 Å². The summed E-state index contributed by atoms with van der Waals surface area (Å²) in [4.78, 5) is 0. The maximum absolute atomic E-state index is 5.79. The zero-order valence-electron chi connectivity index (χ0n) is 6.43. The highest BCUT2D eigenvalue weighted by Crippen LogP contribution is 2.35. The summed E-state index contributed by atoms with van der Waals surface area (Å²) < 4.78 is 5.36. The molecule has 3 nitrogen and oxygen atoms in total. The SMILES string of the molecule is Nc1cc(Cl)cc2c1NCCO2. The molecule has 0 aromatic heterocycles. The number of nitrogen functional groups attached to an aromatic ring is 1. The van der Waals surface area contributed by atoms with Crippen LogP contribution in [0.5, 0.6) is 5.75 Å². The third-order valence-electron chi connectivity index (χ3n) is 1.76. The molecule has 0 fully saturated rings. The van der Waals surface area contributed by atoms with Crippen LogP contribution in [0.1, 0.15) is 0 Å². The van der Waals surface area contributed by atoms with Crippen molar-refractivity contribution in [1.82, 2.24) is 0 Å². The third kappa shape index (κ3) is 1.16. The van der Waals surface area contributed by atoms with Gasteiger partial charge >= 0.3 is 0 Å². The maximum Gasteiger partial charge on any atom is 0.146 e. The van der Waals surface area contributed by atoms with Crippen LogP contribution in [-0.4, -0.2) is 13.2 Å². The van der Waals surface area contributed by atoms with Gasteiger partial charge in [0.05, 0.1) is 5.69 Å². The fourth-order valence-corrected chi connectivity index (χ4v) is 1.46. The summed E-state index contributed by atoms with van der Waals surface area (Å²) in [5, 5.41) is 3.76. The number of fused-ring (bicyclic) bond motifs is 1. The van der Waals surface area contributed by atoms with Crippen LogP contribution in [0.2, 0.25) is 5.02 Å². The van der Waals surface area contributed by atoms with Crippen LogP contribution in [0.4, 0.5) is 11.4 Å². The van der Waals surface area contributed by atoms with Gasteiger partial charge in [-0.05, 0) is 6.07 Å². The molecule has 0 atom stereocenters. The van der Waals surface area contributed by atoms with Crippen molar-refractivity contribution in [1.29, 1.82) is 0 Å². The van der Waals surface area contributed by atoms with Gasteiger partial charge in [0, 0.05) is 17.6 Å². The molecule has 1 aromatic carbocycles. The van der Waals surface area contributed by atoms with Crippen molar-refractivity contribution in [3.63, 3.8) is 0 Å². The smallest absolute Gasteiger partial charge is 0.146 e. The van der Waals surface area contributed by atoms with Crippen molar-refractivity contribution in [2.75, 3.05) is 24.2 Å². The highest BCUT2D eigenvalue weighted by Gasteiger charge is 2.12. The van der Waals surface area contributed by atoms with E-state index >= 15 is 0 Å². The lowest BCUT2D eigenvalue weighted by Crippen LogP contribution is -2.19. The largest absolute Gasteiger partial charge is 0.489 e. The Labute approximate surface area is 75.5 Å². The van der Waals surface area contributed by atoms with Crippen LogP contribution in [0.3, 0.4) is 0 Å².